The summed E-state index contributed by atoms with van der Waals surface area (Å²) in [6, 6.07) is 14.5. The van der Waals surface area contributed by atoms with Crippen molar-refractivity contribution in [1.29, 1.82) is 0 Å². The van der Waals surface area contributed by atoms with Gasteiger partial charge in [0.1, 0.15) is 11.5 Å². The van der Waals surface area contributed by atoms with Crippen LogP contribution in [0.1, 0.15) is 58.9 Å². The lowest BCUT2D eigenvalue weighted by molar-refractivity contribution is -0.140. The highest BCUT2D eigenvalue weighted by molar-refractivity contribution is 6.46. The molecule has 0 saturated carbocycles. The Morgan fingerprint density at radius 2 is 1.68 bits per heavy atom. The maximum atomic E-state index is 13.3. The Bertz CT molecular complexity index is 1370. The molecule has 38 heavy (non-hydrogen) atoms. The Balaban J connectivity index is 1.72. The van der Waals surface area contributed by atoms with Crippen LogP contribution in [0.5, 0.6) is 5.75 Å². The van der Waals surface area contributed by atoms with Crippen LogP contribution in [0.15, 0.2) is 72.6 Å². The van der Waals surface area contributed by atoms with Crippen molar-refractivity contribution in [1.82, 2.24) is 9.88 Å². The van der Waals surface area contributed by atoms with Crippen LogP contribution in [-0.2, 0) is 20.9 Å². The molecule has 4 rings (SSSR count). The first-order valence-corrected chi connectivity index (χ1v) is 12.5. The van der Waals surface area contributed by atoms with Crippen molar-refractivity contribution in [2.45, 2.75) is 39.8 Å². The van der Waals surface area contributed by atoms with Crippen molar-refractivity contribution < 1.29 is 29.0 Å². The molecule has 1 aliphatic rings. The van der Waals surface area contributed by atoms with Gasteiger partial charge in [-0.2, -0.15) is 0 Å². The third kappa shape index (κ3) is 5.44. The summed E-state index contributed by atoms with van der Waals surface area (Å²) >= 11 is 0. The molecule has 1 fully saturated rings. The second kappa shape index (κ2) is 11.7. The number of carbonyl (C=O) groups excluding carboxylic acids is 3. The Hall–Kier alpha value is -4.46. The number of esters is 1. The minimum atomic E-state index is -0.820. The summed E-state index contributed by atoms with van der Waals surface area (Å²) < 4.78 is 10.8. The molecular formula is C30H30N2O6. The average molecular weight is 515 g/mol. The lowest BCUT2D eigenvalue weighted by Gasteiger charge is -2.25. The van der Waals surface area contributed by atoms with Crippen LogP contribution in [0.2, 0.25) is 0 Å². The SMILES string of the molecule is CCCOc1ccc(/C(O)=C2/C(=O)C(=O)N(Cc3ccc(C(=O)OCC)cc3)C2c2ccncc2)cc1C. The van der Waals surface area contributed by atoms with Gasteiger partial charge in [0.05, 0.1) is 30.4 Å². The van der Waals surface area contributed by atoms with E-state index in [-0.39, 0.29) is 24.5 Å². The fourth-order valence-electron chi connectivity index (χ4n) is 4.42. The van der Waals surface area contributed by atoms with Crippen LogP contribution in [0.25, 0.3) is 5.76 Å². The zero-order valence-corrected chi connectivity index (χ0v) is 21.6. The number of aromatic nitrogens is 1. The highest BCUT2D eigenvalue weighted by Gasteiger charge is 2.46. The first kappa shape index (κ1) is 26.6. The standard InChI is InChI=1S/C30H30N2O6/c1-4-16-38-24-11-10-23(17-19(24)3)27(33)25-26(21-12-14-31-15-13-21)32(29(35)28(25)34)18-20-6-8-22(9-7-20)30(36)37-5-2/h6-15,17,26,33H,4-5,16,18H2,1-3H3/b27-25-. The molecule has 2 aromatic carbocycles. The van der Waals surface area contributed by atoms with Crippen molar-refractivity contribution in [3.05, 3.63) is 100 Å². The number of rotatable bonds is 9. The molecule has 2 heterocycles. The molecule has 8 heteroatoms. The number of aryl methyl sites for hydroxylation is 1. The molecule has 1 amide bonds. The van der Waals surface area contributed by atoms with Crippen molar-refractivity contribution in [3.63, 3.8) is 0 Å². The number of aliphatic hydroxyl groups excluding tert-OH is 1. The monoisotopic (exact) mass is 514 g/mol. The van der Waals surface area contributed by atoms with E-state index < -0.39 is 23.7 Å². The number of hydrogen-bond acceptors (Lipinski definition) is 7. The molecule has 0 radical (unpaired) electrons. The predicted molar refractivity (Wildman–Crippen MR) is 141 cm³/mol. The summed E-state index contributed by atoms with van der Waals surface area (Å²) in [7, 11) is 0. The van der Waals surface area contributed by atoms with E-state index in [4.69, 9.17) is 9.47 Å². The first-order chi connectivity index (χ1) is 18.3. The van der Waals surface area contributed by atoms with Crippen molar-refractivity contribution >= 4 is 23.4 Å². The zero-order valence-electron chi connectivity index (χ0n) is 21.6. The van der Waals surface area contributed by atoms with Gasteiger partial charge in [-0.15, -0.1) is 0 Å². The van der Waals surface area contributed by atoms with Gasteiger partial charge in [-0.25, -0.2) is 4.79 Å². The molecule has 0 aliphatic carbocycles. The molecule has 1 aliphatic heterocycles. The van der Waals surface area contributed by atoms with Crippen LogP contribution in [0.3, 0.4) is 0 Å². The van der Waals surface area contributed by atoms with E-state index >= 15 is 0 Å². The van der Waals surface area contributed by atoms with Gasteiger partial charge in [0.25, 0.3) is 11.7 Å². The molecule has 3 aromatic rings. The Morgan fingerprint density at radius 1 is 1.00 bits per heavy atom. The van der Waals surface area contributed by atoms with Crippen LogP contribution in [-0.4, -0.2) is 45.9 Å². The molecule has 8 nitrogen and oxygen atoms in total. The number of aliphatic hydroxyl groups is 1. The number of amides is 1. The van der Waals surface area contributed by atoms with Crippen molar-refractivity contribution in [2.24, 2.45) is 0 Å². The largest absolute Gasteiger partial charge is 0.507 e. The number of carbonyl (C=O) groups is 3. The number of benzene rings is 2. The summed E-state index contributed by atoms with van der Waals surface area (Å²) in [5.41, 5.74) is 2.98. The van der Waals surface area contributed by atoms with Gasteiger partial charge in [-0.1, -0.05) is 19.1 Å². The van der Waals surface area contributed by atoms with E-state index in [1.807, 2.05) is 13.8 Å². The first-order valence-electron chi connectivity index (χ1n) is 12.5. The van der Waals surface area contributed by atoms with Crippen molar-refractivity contribution in [3.8, 4) is 5.75 Å². The Morgan fingerprint density at radius 3 is 2.32 bits per heavy atom. The Labute approximate surface area is 221 Å². The zero-order chi connectivity index (χ0) is 27.2. The smallest absolute Gasteiger partial charge is 0.338 e. The summed E-state index contributed by atoms with van der Waals surface area (Å²) in [5.74, 6) is -1.48. The number of Topliss-reactive ketones (excluding diaryl/α,β-unsaturated/α-hetero) is 1. The molecule has 1 atom stereocenters. The molecule has 1 aromatic heterocycles. The van der Waals surface area contributed by atoms with Gasteiger partial charge < -0.3 is 19.5 Å². The second-order valence-corrected chi connectivity index (χ2v) is 8.95. The number of hydrogen-bond donors (Lipinski definition) is 1. The van der Waals surface area contributed by atoms with E-state index in [1.165, 1.54) is 4.90 Å². The van der Waals surface area contributed by atoms with Gasteiger partial charge in [0.15, 0.2) is 0 Å². The highest BCUT2D eigenvalue weighted by atomic mass is 16.5. The predicted octanol–water partition coefficient (Wildman–Crippen LogP) is 4.98. The van der Waals surface area contributed by atoms with Crippen LogP contribution in [0.4, 0.5) is 0 Å². The molecule has 1 N–H and O–H groups in total. The third-order valence-electron chi connectivity index (χ3n) is 6.29. The number of likely N-dealkylation sites (tertiary alicyclic amines) is 1. The van der Waals surface area contributed by atoms with Gasteiger partial charge >= 0.3 is 5.97 Å². The molecule has 0 spiro atoms. The van der Waals surface area contributed by atoms with E-state index in [9.17, 15) is 19.5 Å². The lowest BCUT2D eigenvalue weighted by atomic mass is 9.95. The van der Waals surface area contributed by atoms with Gasteiger partial charge in [0, 0.05) is 24.5 Å². The maximum absolute atomic E-state index is 13.3. The van der Waals surface area contributed by atoms with E-state index in [2.05, 4.69) is 4.98 Å². The van der Waals surface area contributed by atoms with Crippen LogP contribution < -0.4 is 4.74 Å². The summed E-state index contributed by atoms with van der Waals surface area (Å²) in [6.07, 6.45) is 4.02. The minimum Gasteiger partial charge on any atom is -0.507 e. The number of pyridine rings is 1. The second-order valence-electron chi connectivity index (χ2n) is 8.95. The summed E-state index contributed by atoms with van der Waals surface area (Å²) in [4.78, 5) is 44.0. The molecule has 196 valence electrons. The van der Waals surface area contributed by atoms with Gasteiger partial charge in [0.2, 0.25) is 0 Å². The fourth-order valence-corrected chi connectivity index (χ4v) is 4.42. The summed E-state index contributed by atoms with van der Waals surface area (Å²) in [5, 5.41) is 11.3. The third-order valence-corrected chi connectivity index (χ3v) is 6.29. The van der Waals surface area contributed by atoms with Crippen LogP contribution >= 0.6 is 0 Å². The topological polar surface area (TPSA) is 106 Å². The molecule has 1 unspecified atom stereocenters. The number of ketones is 1. The van der Waals surface area contributed by atoms with Crippen molar-refractivity contribution in [2.75, 3.05) is 13.2 Å². The normalized spacial score (nSPS) is 16.5. The highest BCUT2D eigenvalue weighted by Crippen LogP contribution is 2.40. The van der Waals surface area contributed by atoms with Gasteiger partial charge in [-0.3, -0.25) is 14.6 Å². The van der Waals surface area contributed by atoms with E-state index in [1.54, 1.807) is 73.9 Å². The summed E-state index contributed by atoms with van der Waals surface area (Å²) in [6.45, 7) is 6.55. The van der Waals surface area contributed by atoms with Crippen LogP contribution in [0, 0.1) is 6.92 Å². The molecular weight excluding hydrogens is 484 g/mol. The van der Waals surface area contributed by atoms with E-state index in [0.717, 1.165) is 12.0 Å². The maximum Gasteiger partial charge on any atom is 0.338 e. The number of nitrogens with zero attached hydrogens (tertiary/aromatic N) is 2. The molecule has 0 bridgehead atoms. The Kier molecular flexibility index (Phi) is 8.21. The fraction of sp³-hybridized carbons (Fsp3) is 0.267. The van der Waals surface area contributed by atoms with E-state index in [0.29, 0.717) is 34.6 Å². The average Bonchev–Trinajstić information content (AvgIpc) is 3.18. The van der Waals surface area contributed by atoms with Gasteiger partial charge in [-0.05, 0) is 79.4 Å². The molecule has 1 saturated heterocycles. The quantitative estimate of drug-likeness (QED) is 0.186. The lowest BCUT2D eigenvalue weighted by Crippen LogP contribution is -2.29. The minimum absolute atomic E-state index is 0.00553. The number of ether oxygens (including phenoxy) is 2.